The van der Waals surface area contributed by atoms with Crippen LogP contribution in [0.2, 0.25) is 0 Å². The monoisotopic (exact) mass is 397 g/mol. The van der Waals surface area contributed by atoms with E-state index in [1.54, 1.807) is 30.3 Å². The molecule has 1 saturated heterocycles. The van der Waals surface area contributed by atoms with E-state index in [9.17, 15) is 22.2 Å². The molecule has 2 aliphatic heterocycles. The van der Waals surface area contributed by atoms with Gasteiger partial charge in [-0.25, -0.2) is 4.21 Å². The Labute approximate surface area is 155 Å². The Balaban J connectivity index is 1.52. The molecule has 1 fully saturated rings. The number of para-hydroxylation sites is 1. The summed E-state index contributed by atoms with van der Waals surface area (Å²) < 4.78 is 64.4. The smallest absolute Gasteiger partial charge is 0.419 e. The quantitative estimate of drug-likeness (QED) is 0.862. The number of nitrogens with one attached hydrogen (secondary N) is 1. The molecule has 5 nitrogen and oxygen atoms in total. The Morgan fingerprint density at radius 3 is 2.52 bits per heavy atom. The van der Waals surface area contributed by atoms with E-state index in [0.717, 1.165) is 11.6 Å². The first-order chi connectivity index (χ1) is 12.8. The first kappa shape index (κ1) is 17.8. The fourth-order valence-corrected chi connectivity index (χ4v) is 4.33. The number of hydrogen-bond acceptors (Lipinski definition) is 4. The number of benzene rings is 2. The fraction of sp³-hybridized carbons (Fsp3) is 0.278. The van der Waals surface area contributed by atoms with Crippen LogP contribution in [0.1, 0.15) is 34.5 Å². The number of amides is 1. The van der Waals surface area contributed by atoms with Crippen LogP contribution in [0.4, 0.5) is 13.2 Å². The SMILES string of the molecule is O=C1CC(c2ccc(OC3COc4c3cccc4C(F)(F)F)cc2)S(=O)N1. The number of rotatable bonds is 3. The van der Waals surface area contributed by atoms with Crippen LogP contribution in [0.5, 0.6) is 11.5 Å². The zero-order valence-electron chi connectivity index (χ0n) is 13.8. The summed E-state index contributed by atoms with van der Waals surface area (Å²) >= 11 is 0. The largest absolute Gasteiger partial charge is 0.488 e. The molecule has 142 valence electrons. The second-order valence-electron chi connectivity index (χ2n) is 6.22. The number of halogens is 3. The minimum absolute atomic E-state index is 0.0186. The van der Waals surface area contributed by atoms with Gasteiger partial charge in [0.2, 0.25) is 5.91 Å². The van der Waals surface area contributed by atoms with E-state index in [4.69, 9.17) is 9.47 Å². The Morgan fingerprint density at radius 2 is 1.89 bits per heavy atom. The van der Waals surface area contributed by atoms with Crippen LogP contribution in [0, 0.1) is 0 Å². The molecule has 0 spiro atoms. The molecule has 27 heavy (non-hydrogen) atoms. The van der Waals surface area contributed by atoms with Gasteiger partial charge in [-0.15, -0.1) is 0 Å². The number of carbonyl (C=O) groups is 1. The van der Waals surface area contributed by atoms with E-state index in [0.29, 0.717) is 11.3 Å². The normalized spacial score (nSPS) is 24.3. The van der Waals surface area contributed by atoms with Gasteiger partial charge in [-0.1, -0.05) is 24.3 Å². The first-order valence-corrected chi connectivity index (χ1v) is 9.34. The van der Waals surface area contributed by atoms with E-state index in [1.807, 2.05) is 0 Å². The van der Waals surface area contributed by atoms with Crippen molar-refractivity contribution in [3.63, 3.8) is 0 Å². The Morgan fingerprint density at radius 1 is 1.15 bits per heavy atom. The number of carbonyl (C=O) groups excluding carboxylic acids is 1. The Kier molecular flexibility index (Phi) is 4.33. The predicted molar refractivity (Wildman–Crippen MR) is 90.4 cm³/mol. The molecule has 2 aliphatic rings. The molecule has 3 atom stereocenters. The van der Waals surface area contributed by atoms with Crippen molar-refractivity contribution in [3.05, 3.63) is 59.2 Å². The molecule has 2 aromatic carbocycles. The van der Waals surface area contributed by atoms with Gasteiger partial charge >= 0.3 is 6.18 Å². The van der Waals surface area contributed by atoms with Gasteiger partial charge in [-0.2, -0.15) is 13.2 Å². The Hall–Kier alpha value is -2.55. The maximum absolute atomic E-state index is 13.1. The van der Waals surface area contributed by atoms with Gasteiger partial charge in [0, 0.05) is 12.0 Å². The molecule has 0 bridgehead atoms. The van der Waals surface area contributed by atoms with Crippen molar-refractivity contribution in [3.8, 4) is 11.5 Å². The van der Waals surface area contributed by atoms with Crippen molar-refractivity contribution < 1.29 is 31.6 Å². The van der Waals surface area contributed by atoms with E-state index in [-0.39, 0.29) is 24.7 Å². The standard InChI is InChI=1S/C18H14F3NO4S/c19-18(20,21)13-3-1-2-12-14(9-25-17(12)13)26-11-6-4-10(5-7-11)15-8-16(23)22-27(15)24/h1-7,14-15H,8-9H2,(H,22,23). The summed E-state index contributed by atoms with van der Waals surface area (Å²) in [5.41, 5.74) is 0.254. The highest BCUT2D eigenvalue weighted by atomic mass is 32.2. The second kappa shape index (κ2) is 6.56. The molecule has 0 radical (unpaired) electrons. The zero-order chi connectivity index (χ0) is 19.2. The zero-order valence-corrected chi connectivity index (χ0v) is 14.6. The van der Waals surface area contributed by atoms with Crippen molar-refractivity contribution in [1.29, 1.82) is 0 Å². The van der Waals surface area contributed by atoms with Gasteiger partial charge in [0.15, 0.2) is 6.10 Å². The predicted octanol–water partition coefficient (Wildman–Crippen LogP) is 3.44. The van der Waals surface area contributed by atoms with Crippen molar-refractivity contribution in [1.82, 2.24) is 4.72 Å². The molecular formula is C18H14F3NO4S. The van der Waals surface area contributed by atoms with Gasteiger partial charge < -0.3 is 9.47 Å². The molecule has 0 aliphatic carbocycles. The lowest BCUT2D eigenvalue weighted by Crippen LogP contribution is -2.15. The highest BCUT2D eigenvalue weighted by molar-refractivity contribution is 7.84. The van der Waals surface area contributed by atoms with E-state index < -0.39 is 34.1 Å². The van der Waals surface area contributed by atoms with Gasteiger partial charge in [0.1, 0.15) is 29.1 Å². The molecule has 9 heteroatoms. The third-order valence-electron chi connectivity index (χ3n) is 4.45. The lowest BCUT2D eigenvalue weighted by Gasteiger charge is -2.14. The van der Waals surface area contributed by atoms with Crippen LogP contribution in [-0.4, -0.2) is 16.7 Å². The second-order valence-corrected chi connectivity index (χ2v) is 7.59. The van der Waals surface area contributed by atoms with E-state index in [2.05, 4.69) is 4.72 Å². The highest BCUT2D eigenvalue weighted by Crippen LogP contribution is 2.44. The van der Waals surface area contributed by atoms with Gasteiger partial charge in [-0.05, 0) is 23.8 Å². The molecular weight excluding hydrogens is 383 g/mol. The lowest BCUT2D eigenvalue weighted by atomic mass is 10.1. The maximum Gasteiger partial charge on any atom is 0.419 e. The van der Waals surface area contributed by atoms with Crippen molar-refractivity contribution in [2.24, 2.45) is 0 Å². The molecule has 3 unspecified atom stereocenters. The minimum Gasteiger partial charge on any atom is -0.488 e. The molecule has 4 rings (SSSR count). The third-order valence-corrected chi connectivity index (χ3v) is 5.84. The number of hydrogen-bond donors (Lipinski definition) is 1. The summed E-state index contributed by atoms with van der Waals surface area (Å²) in [5.74, 6) is -0.0166. The average molecular weight is 397 g/mol. The van der Waals surface area contributed by atoms with Crippen LogP contribution in [0.25, 0.3) is 0 Å². The van der Waals surface area contributed by atoms with Gasteiger partial charge in [0.05, 0.1) is 10.8 Å². The fourth-order valence-electron chi connectivity index (χ4n) is 3.17. The highest BCUT2D eigenvalue weighted by Gasteiger charge is 2.39. The van der Waals surface area contributed by atoms with Crippen molar-refractivity contribution in [2.75, 3.05) is 6.61 Å². The maximum atomic E-state index is 13.1. The lowest BCUT2D eigenvalue weighted by molar-refractivity contribution is -0.138. The minimum atomic E-state index is -4.50. The summed E-state index contributed by atoms with van der Waals surface area (Å²) in [6.45, 7) is -0.0186. The number of ether oxygens (including phenoxy) is 2. The van der Waals surface area contributed by atoms with Gasteiger partial charge in [-0.3, -0.25) is 9.52 Å². The average Bonchev–Trinajstić information content (AvgIpc) is 3.17. The summed E-state index contributed by atoms with van der Waals surface area (Å²) in [7, 11) is -1.46. The Bertz CT molecular complexity index is 914. The van der Waals surface area contributed by atoms with Crippen molar-refractivity contribution in [2.45, 2.75) is 24.0 Å². The number of fused-ring (bicyclic) bond motifs is 1. The summed E-state index contributed by atoms with van der Waals surface area (Å²) in [6, 6.07) is 10.5. The van der Waals surface area contributed by atoms with Crippen LogP contribution in [0.15, 0.2) is 42.5 Å². The molecule has 1 N–H and O–H groups in total. The molecule has 2 aromatic rings. The van der Waals surface area contributed by atoms with Crippen LogP contribution >= 0.6 is 0 Å². The van der Waals surface area contributed by atoms with Crippen LogP contribution < -0.4 is 14.2 Å². The summed E-state index contributed by atoms with van der Waals surface area (Å²) in [6.07, 6.45) is -5.00. The molecule has 0 aromatic heterocycles. The van der Waals surface area contributed by atoms with Gasteiger partial charge in [0.25, 0.3) is 0 Å². The third kappa shape index (κ3) is 3.39. The summed E-state index contributed by atoms with van der Waals surface area (Å²) in [5, 5.41) is -0.420. The number of alkyl halides is 3. The molecule has 2 heterocycles. The van der Waals surface area contributed by atoms with Crippen LogP contribution in [-0.2, 0) is 22.0 Å². The summed E-state index contributed by atoms with van der Waals surface area (Å²) in [4.78, 5) is 11.3. The molecule has 0 saturated carbocycles. The topological polar surface area (TPSA) is 64.6 Å². The molecule has 1 amide bonds. The van der Waals surface area contributed by atoms with E-state index >= 15 is 0 Å². The van der Waals surface area contributed by atoms with Crippen molar-refractivity contribution >= 4 is 16.9 Å². The first-order valence-electron chi connectivity index (χ1n) is 8.12. The van der Waals surface area contributed by atoms with E-state index in [1.165, 1.54) is 6.07 Å². The van der Waals surface area contributed by atoms with Crippen LogP contribution in [0.3, 0.4) is 0 Å².